The molecule has 88 valence electrons. The summed E-state index contributed by atoms with van der Waals surface area (Å²) in [6.07, 6.45) is -2.53. The molecule has 0 spiro atoms. The average Bonchev–Trinajstić information content (AvgIpc) is 2.68. The maximum absolute atomic E-state index is 12.1. The summed E-state index contributed by atoms with van der Waals surface area (Å²) in [6.45, 7) is -0.0453. The molecule has 1 aliphatic carbocycles. The highest BCUT2D eigenvalue weighted by molar-refractivity contribution is 5.33. The van der Waals surface area contributed by atoms with Gasteiger partial charge < -0.3 is 10.4 Å². The summed E-state index contributed by atoms with van der Waals surface area (Å²) in [4.78, 5) is 0. The van der Waals surface area contributed by atoms with E-state index in [1.807, 2.05) is 12.1 Å². The zero-order valence-electron chi connectivity index (χ0n) is 8.87. The third-order valence-corrected chi connectivity index (χ3v) is 2.96. The summed E-state index contributed by atoms with van der Waals surface area (Å²) in [5.41, 5.74) is 2.54. The predicted octanol–water partition coefficient (Wildman–Crippen LogP) is 1.37. The topological polar surface area (TPSA) is 32.3 Å². The Bertz CT molecular complexity index is 332. The van der Waals surface area contributed by atoms with Crippen molar-refractivity contribution in [3.8, 4) is 0 Å². The maximum Gasteiger partial charge on any atom is 0.265 e. The first-order chi connectivity index (χ1) is 7.66. The Morgan fingerprint density at radius 3 is 2.31 bits per heavy atom. The summed E-state index contributed by atoms with van der Waals surface area (Å²) >= 11 is 0. The molecule has 2 nitrogen and oxygen atoms in total. The lowest BCUT2D eigenvalue weighted by Crippen LogP contribution is -2.38. The lowest BCUT2D eigenvalue weighted by Gasteiger charge is -2.15. The molecule has 0 bridgehead atoms. The quantitative estimate of drug-likeness (QED) is 0.814. The molecule has 0 saturated heterocycles. The van der Waals surface area contributed by atoms with E-state index in [0.29, 0.717) is 0 Å². The van der Waals surface area contributed by atoms with Gasteiger partial charge in [-0.1, -0.05) is 24.3 Å². The molecule has 1 aromatic carbocycles. The maximum atomic E-state index is 12.1. The van der Waals surface area contributed by atoms with Crippen LogP contribution >= 0.6 is 0 Å². The number of aliphatic hydroxyl groups is 1. The van der Waals surface area contributed by atoms with Crippen molar-refractivity contribution in [2.45, 2.75) is 31.4 Å². The number of rotatable bonds is 4. The van der Waals surface area contributed by atoms with Crippen LogP contribution in [0.15, 0.2) is 24.3 Å². The van der Waals surface area contributed by atoms with Gasteiger partial charge >= 0.3 is 0 Å². The van der Waals surface area contributed by atoms with Crippen LogP contribution in [-0.4, -0.2) is 30.2 Å². The van der Waals surface area contributed by atoms with Gasteiger partial charge in [0, 0.05) is 12.6 Å². The fourth-order valence-corrected chi connectivity index (χ4v) is 2.08. The fourth-order valence-electron chi connectivity index (χ4n) is 2.08. The number of aliphatic hydroxyl groups excluding tert-OH is 1. The third kappa shape index (κ3) is 2.57. The summed E-state index contributed by atoms with van der Waals surface area (Å²) < 4.78 is 24.2. The Hall–Kier alpha value is -1.00. The molecule has 0 saturated carbocycles. The molecular weight excluding hydrogens is 212 g/mol. The van der Waals surface area contributed by atoms with E-state index in [0.717, 1.165) is 12.8 Å². The van der Waals surface area contributed by atoms with Gasteiger partial charge in [0.2, 0.25) is 0 Å². The molecule has 0 amide bonds. The van der Waals surface area contributed by atoms with Gasteiger partial charge in [-0.25, -0.2) is 8.78 Å². The average molecular weight is 227 g/mol. The van der Waals surface area contributed by atoms with Crippen molar-refractivity contribution in [1.82, 2.24) is 5.32 Å². The highest BCUT2D eigenvalue weighted by atomic mass is 19.3. The zero-order valence-corrected chi connectivity index (χ0v) is 8.87. The molecule has 0 fully saturated rings. The number of fused-ring (bicyclic) bond motifs is 1. The van der Waals surface area contributed by atoms with E-state index in [1.165, 1.54) is 11.1 Å². The minimum absolute atomic E-state index is 0.0453. The highest BCUT2D eigenvalue weighted by Gasteiger charge is 2.23. The van der Waals surface area contributed by atoms with E-state index in [4.69, 9.17) is 5.11 Å². The molecule has 0 aliphatic heterocycles. The molecule has 1 atom stereocenters. The monoisotopic (exact) mass is 227 g/mol. The van der Waals surface area contributed by atoms with Crippen LogP contribution in [-0.2, 0) is 12.8 Å². The second kappa shape index (κ2) is 4.89. The summed E-state index contributed by atoms with van der Waals surface area (Å²) in [5.74, 6) is 0. The summed E-state index contributed by atoms with van der Waals surface area (Å²) in [7, 11) is 0. The lowest BCUT2D eigenvalue weighted by molar-refractivity contribution is -0.00445. The van der Waals surface area contributed by atoms with Gasteiger partial charge in [-0.15, -0.1) is 0 Å². The minimum atomic E-state index is -2.67. The van der Waals surface area contributed by atoms with Gasteiger partial charge in [-0.3, -0.25) is 0 Å². The Morgan fingerprint density at radius 1 is 1.25 bits per heavy atom. The molecule has 0 radical (unpaired) electrons. The molecule has 2 N–H and O–H groups in total. The van der Waals surface area contributed by atoms with Gasteiger partial charge in [0.25, 0.3) is 6.43 Å². The number of hydrogen-bond donors (Lipinski definition) is 2. The lowest BCUT2D eigenvalue weighted by atomic mass is 10.1. The number of halogens is 2. The van der Waals surface area contributed by atoms with Crippen LogP contribution in [0, 0.1) is 0 Å². The van der Waals surface area contributed by atoms with Crippen LogP contribution in [0.1, 0.15) is 11.1 Å². The van der Waals surface area contributed by atoms with Crippen LogP contribution in [0.3, 0.4) is 0 Å². The molecule has 1 aromatic rings. The van der Waals surface area contributed by atoms with Crippen molar-refractivity contribution in [3.63, 3.8) is 0 Å². The smallest absolute Gasteiger partial charge is 0.265 e. The van der Waals surface area contributed by atoms with Crippen LogP contribution in [0.25, 0.3) is 0 Å². The highest BCUT2D eigenvalue weighted by Crippen LogP contribution is 2.21. The van der Waals surface area contributed by atoms with Crippen LogP contribution in [0.5, 0.6) is 0 Å². The van der Waals surface area contributed by atoms with Crippen molar-refractivity contribution in [1.29, 1.82) is 0 Å². The van der Waals surface area contributed by atoms with Crippen molar-refractivity contribution in [2.24, 2.45) is 0 Å². The molecular formula is C12H15F2NO. The largest absolute Gasteiger partial charge is 0.386 e. The van der Waals surface area contributed by atoms with Crippen LogP contribution in [0.4, 0.5) is 8.78 Å². The molecule has 0 heterocycles. The number of alkyl halides is 2. The van der Waals surface area contributed by atoms with E-state index in [-0.39, 0.29) is 12.6 Å². The molecule has 1 unspecified atom stereocenters. The first kappa shape index (κ1) is 11.5. The molecule has 1 aliphatic rings. The second-order valence-electron chi connectivity index (χ2n) is 4.18. The zero-order chi connectivity index (χ0) is 11.5. The third-order valence-electron chi connectivity index (χ3n) is 2.96. The summed E-state index contributed by atoms with van der Waals surface area (Å²) in [5, 5.41) is 12.0. The molecule has 16 heavy (non-hydrogen) atoms. The minimum Gasteiger partial charge on any atom is -0.386 e. The van der Waals surface area contributed by atoms with Gasteiger partial charge in [0.15, 0.2) is 0 Å². The van der Waals surface area contributed by atoms with Crippen molar-refractivity contribution in [2.75, 3.05) is 6.54 Å². The predicted molar refractivity (Wildman–Crippen MR) is 57.7 cm³/mol. The standard InChI is InChI=1S/C12H15F2NO/c13-12(14)11(16)7-15-10-5-8-3-1-2-4-9(8)6-10/h1-4,10-12,15-16H,5-7H2. The van der Waals surface area contributed by atoms with Crippen LogP contribution < -0.4 is 5.32 Å². The van der Waals surface area contributed by atoms with Gasteiger partial charge in [0.05, 0.1) is 0 Å². The molecule has 0 aromatic heterocycles. The van der Waals surface area contributed by atoms with Crippen molar-refractivity contribution < 1.29 is 13.9 Å². The van der Waals surface area contributed by atoms with E-state index in [2.05, 4.69) is 17.4 Å². The number of hydrogen-bond acceptors (Lipinski definition) is 2. The van der Waals surface area contributed by atoms with E-state index < -0.39 is 12.5 Å². The van der Waals surface area contributed by atoms with Gasteiger partial charge in [0.1, 0.15) is 6.10 Å². The molecule has 4 heteroatoms. The number of nitrogens with one attached hydrogen (secondary N) is 1. The summed E-state index contributed by atoms with van der Waals surface area (Å²) in [6, 6.07) is 8.25. The van der Waals surface area contributed by atoms with E-state index in [1.54, 1.807) is 0 Å². The Labute approximate surface area is 93.3 Å². The Balaban J connectivity index is 1.83. The first-order valence-corrected chi connectivity index (χ1v) is 5.43. The Kier molecular flexibility index (Phi) is 3.51. The van der Waals surface area contributed by atoms with Crippen molar-refractivity contribution in [3.05, 3.63) is 35.4 Å². The van der Waals surface area contributed by atoms with Crippen LogP contribution in [0.2, 0.25) is 0 Å². The SMILES string of the molecule is OC(CNC1Cc2ccccc2C1)C(F)F. The van der Waals surface area contributed by atoms with Gasteiger partial charge in [-0.05, 0) is 24.0 Å². The normalized spacial score (nSPS) is 17.8. The Morgan fingerprint density at radius 2 is 1.81 bits per heavy atom. The number of benzene rings is 1. The van der Waals surface area contributed by atoms with Crippen molar-refractivity contribution >= 4 is 0 Å². The van der Waals surface area contributed by atoms with E-state index >= 15 is 0 Å². The first-order valence-electron chi connectivity index (χ1n) is 5.43. The second-order valence-corrected chi connectivity index (χ2v) is 4.18. The molecule has 2 rings (SSSR count). The fraction of sp³-hybridized carbons (Fsp3) is 0.500. The van der Waals surface area contributed by atoms with Gasteiger partial charge in [-0.2, -0.15) is 0 Å². The van der Waals surface area contributed by atoms with E-state index in [9.17, 15) is 8.78 Å².